The van der Waals surface area contributed by atoms with E-state index in [9.17, 15) is 4.79 Å². The third-order valence-electron chi connectivity index (χ3n) is 7.61. The van der Waals surface area contributed by atoms with E-state index in [0.717, 1.165) is 58.2 Å². The van der Waals surface area contributed by atoms with Crippen molar-refractivity contribution in [2.24, 2.45) is 0 Å². The summed E-state index contributed by atoms with van der Waals surface area (Å²) in [7, 11) is 0. The largest absolute Gasteiger partial charge is 0.349 e. The molecule has 0 aliphatic heterocycles. The van der Waals surface area contributed by atoms with Crippen LogP contribution in [0.15, 0.2) is 29.8 Å². The number of nitrogens with zero attached hydrogens (tertiary/aromatic N) is 3. The average molecular weight is 477 g/mol. The van der Waals surface area contributed by atoms with Crippen LogP contribution in [-0.2, 0) is 6.42 Å². The molecule has 6 heteroatoms. The van der Waals surface area contributed by atoms with Gasteiger partial charge in [0.2, 0.25) is 0 Å². The van der Waals surface area contributed by atoms with E-state index in [-0.39, 0.29) is 5.91 Å². The Morgan fingerprint density at radius 2 is 1.82 bits per heavy atom. The van der Waals surface area contributed by atoms with Crippen molar-refractivity contribution in [1.29, 1.82) is 0 Å². The van der Waals surface area contributed by atoms with Gasteiger partial charge in [-0.15, -0.1) is 11.3 Å². The SMILES string of the molecule is CCc1cc(-c2nc(-c3cc(C(=O)NC4CCCCC4)c(C)n3C3CCCCC3)cs2)ccn1. The van der Waals surface area contributed by atoms with Crippen molar-refractivity contribution in [2.75, 3.05) is 0 Å². The van der Waals surface area contributed by atoms with Gasteiger partial charge in [-0.25, -0.2) is 4.98 Å². The normalized spacial score (nSPS) is 17.7. The molecule has 3 aromatic heterocycles. The first-order chi connectivity index (χ1) is 16.6. The van der Waals surface area contributed by atoms with E-state index in [1.807, 2.05) is 12.3 Å². The number of carbonyl (C=O) groups is 1. The third-order valence-corrected chi connectivity index (χ3v) is 8.50. The summed E-state index contributed by atoms with van der Waals surface area (Å²) in [5.74, 6) is 0.0809. The molecule has 0 bridgehead atoms. The predicted octanol–water partition coefficient (Wildman–Crippen LogP) is 7.11. The molecule has 1 amide bonds. The van der Waals surface area contributed by atoms with Crippen LogP contribution in [0, 0.1) is 6.92 Å². The summed E-state index contributed by atoms with van der Waals surface area (Å²) < 4.78 is 2.43. The number of hydrogen-bond donors (Lipinski definition) is 1. The molecule has 2 aliphatic carbocycles. The maximum Gasteiger partial charge on any atom is 0.253 e. The monoisotopic (exact) mass is 476 g/mol. The van der Waals surface area contributed by atoms with Crippen molar-refractivity contribution in [3.8, 4) is 22.0 Å². The maximum absolute atomic E-state index is 13.4. The molecule has 1 N–H and O–H groups in total. The van der Waals surface area contributed by atoms with E-state index < -0.39 is 0 Å². The minimum Gasteiger partial charge on any atom is -0.349 e. The Bertz CT molecular complexity index is 1140. The first-order valence-corrected chi connectivity index (χ1v) is 14.0. The second-order valence-electron chi connectivity index (χ2n) is 9.93. The predicted molar refractivity (Wildman–Crippen MR) is 139 cm³/mol. The van der Waals surface area contributed by atoms with Gasteiger partial charge < -0.3 is 9.88 Å². The number of aryl methyl sites for hydroxylation is 1. The zero-order valence-electron chi connectivity index (χ0n) is 20.5. The number of thiazole rings is 1. The summed E-state index contributed by atoms with van der Waals surface area (Å²) in [6.07, 6.45) is 14.9. The highest BCUT2D eigenvalue weighted by Crippen LogP contribution is 2.38. The Balaban J connectivity index is 1.50. The lowest BCUT2D eigenvalue weighted by atomic mass is 9.94. The van der Waals surface area contributed by atoms with Crippen LogP contribution in [0.1, 0.15) is 98.9 Å². The van der Waals surface area contributed by atoms with E-state index >= 15 is 0 Å². The molecule has 0 atom stereocenters. The number of amides is 1. The van der Waals surface area contributed by atoms with Crippen LogP contribution in [0.4, 0.5) is 0 Å². The fourth-order valence-corrected chi connectivity index (χ4v) is 6.51. The average Bonchev–Trinajstić information content (AvgIpc) is 3.50. The standard InChI is InChI=1S/C28H36N4OS/c1-3-21-16-20(14-15-29-21)28-31-25(18-34-28)26-17-24(27(33)30-22-10-6-4-7-11-22)19(2)32(26)23-12-8-5-9-13-23/h14-18,22-23H,3-13H2,1-2H3,(H,30,33). The molecule has 0 aromatic carbocycles. The van der Waals surface area contributed by atoms with Crippen LogP contribution < -0.4 is 5.32 Å². The van der Waals surface area contributed by atoms with Crippen molar-refractivity contribution < 1.29 is 4.79 Å². The van der Waals surface area contributed by atoms with E-state index in [0.29, 0.717) is 12.1 Å². The van der Waals surface area contributed by atoms with Gasteiger partial charge in [-0.05, 0) is 57.2 Å². The molecule has 2 aliphatic rings. The van der Waals surface area contributed by atoms with Gasteiger partial charge in [0.1, 0.15) is 5.01 Å². The lowest BCUT2D eigenvalue weighted by Crippen LogP contribution is -2.36. The van der Waals surface area contributed by atoms with E-state index in [1.165, 1.54) is 51.4 Å². The van der Waals surface area contributed by atoms with Crippen LogP contribution in [0.2, 0.25) is 0 Å². The number of nitrogens with one attached hydrogen (secondary N) is 1. The fraction of sp³-hybridized carbons (Fsp3) is 0.536. The fourth-order valence-electron chi connectivity index (χ4n) is 5.70. The highest BCUT2D eigenvalue weighted by Gasteiger charge is 2.27. The number of aromatic nitrogens is 3. The lowest BCUT2D eigenvalue weighted by molar-refractivity contribution is 0.0927. The molecule has 0 radical (unpaired) electrons. The van der Waals surface area contributed by atoms with Gasteiger partial charge >= 0.3 is 0 Å². The van der Waals surface area contributed by atoms with Gasteiger partial charge in [-0.3, -0.25) is 9.78 Å². The second kappa shape index (κ2) is 10.4. The van der Waals surface area contributed by atoms with Gasteiger partial charge in [0.25, 0.3) is 5.91 Å². The number of pyridine rings is 1. The molecular weight excluding hydrogens is 440 g/mol. The summed E-state index contributed by atoms with van der Waals surface area (Å²) >= 11 is 1.67. The van der Waals surface area contributed by atoms with Gasteiger partial charge in [-0.2, -0.15) is 0 Å². The maximum atomic E-state index is 13.4. The van der Waals surface area contributed by atoms with E-state index in [4.69, 9.17) is 4.98 Å². The summed E-state index contributed by atoms with van der Waals surface area (Å²) in [4.78, 5) is 22.8. The van der Waals surface area contributed by atoms with Crippen LogP contribution in [0.3, 0.4) is 0 Å². The van der Waals surface area contributed by atoms with Crippen molar-refractivity contribution in [3.63, 3.8) is 0 Å². The minimum absolute atomic E-state index is 0.0809. The minimum atomic E-state index is 0.0809. The Morgan fingerprint density at radius 1 is 1.09 bits per heavy atom. The highest BCUT2D eigenvalue weighted by molar-refractivity contribution is 7.13. The quantitative estimate of drug-likeness (QED) is 0.412. The van der Waals surface area contributed by atoms with Gasteiger partial charge in [-0.1, -0.05) is 45.4 Å². The van der Waals surface area contributed by atoms with Crippen LogP contribution in [0.5, 0.6) is 0 Å². The Morgan fingerprint density at radius 3 is 2.56 bits per heavy atom. The van der Waals surface area contributed by atoms with Crippen molar-refractivity contribution in [3.05, 3.63) is 46.7 Å². The molecule has 5 nitrogen and oxygen atoms in total. The molecule has 2 saturated carbocycles. The summed E-state index contributed by atoms with van der Waals surface area (Å²) in [6.45, 7) is 4.25. The van der Waals surface area contributed by atoms with E-state index in [2.05, 4.69) is 46.2 Å². The van der Waals surface area contributed by atoms with Gasteiger partial charge in [0, 0.05) is 40.6 Å². The molecule has 2 fully saturated rings. The van der Waals surface area contributed by atoms with Crippen molar-refractivity contribution in [1.82, 2.24) is 19.9 Å². The van der Waals surface area contributed by atoms with E-state index in [1.54, 1.807) is 11.3 Å². The summed E-state index contributed by atoms with van der Waals surface area (Å²) in [5, 5.41) is 6.50. The summed E-state index contributed by atoms with van der Waals surface area (Å²) in [6, 6.07) is 7.03. The zero-order valence-corrected chi connectivity index (χ0v) is 21.3. The first kappa shape index (κ1) is 23.3. The number of hydrogen-bond acceptors (Lipinski definition) is 4. The third kappa shape index (κ3) is 4.83. The zero-order chi connectivity index (χ0) is 23.5. The molecule has 34 heavy (non-hydrogen) atoms. The smallest absolute Gasteiger partial charge is 0.253 e. The molecule has 3 aromatic rings. The topological polar surface area (TPSA) is 59.8 Å². The second-order valence-corrected chi connectivity index (χ2v) is 10.8. The number of rotatable bonds is 6. The molecule has 0 saturated heterocycles. The van der Waals surface area contributed by atoms with Crippen molar-refractivity contribution in [2.45, 2.75) is 96.6 Å². The lowest BCUT2D eigenvalue weighted by Gasteiger charge is -2.27. The van der Waals surface area contributed by atoms with Crippen LogP contribution >= 0.6 is 11.3 Å². The van der Waals surface area contributed by atoms with Crippen molar-refractivity contribution >= 4 is 17.2 Å². The molecule has 0 spiro atoms. The Labute approximate surface area is 207 Å². The summed E-state index contributed by atoms with van der Waals surface area (Å²) in [5.41, 5.74) is 6.16. The van der Waals surface area contributed by atoms with Gasteiger partial charge in [0.05, 0.1) is 17.0 Å². The molecule has 3 heterocycles. The number of carbonyl (C=O) groups excluding carboxylic acids is 1. The Hall–Kier alpha value is -2.47. The van der Waals surface area contributed by atoms with Crippen LogP contribution in [0.25, 0.3) is 22.0 Å². The van der Waals surface area contributed by atoms with Gasteiger partial charge in [0.15, 0.2) is 0 Å². The van der Waals surface area contributed by atoms with Crippen LogP contribution in [-0.4, -0.2) is 26.5 Å². The molecule has 5 rings (SSSR count). The molecule has 180 valence electrons. The molecule has 0 unspecified atom stereocenters. The molecular formula is C28H36N4OS. The highest BCUT2D eigenvalue weighted by atomic mass is 32.1. The first-order valence-electron chi connectivity index (χ1n) is 13.1. The Kier molecular flexibility index (Phi) is 7.14.